The predicted molar refractivity (Wildman–Crippen MR) is 86.9 cm³/mol. The van der Waals surface area contributed by atoms with E-state index in [1.165, 1.54) is 0 Å². The number of fused-ring (bicyclic) bond motifs is 1. The third-order valence-electron chi connectivity index (χ3n) is 4.18. The third-order valence-corrected chi connectivity index (χ3v) is 4.67. The highest BCUT2D eigenvalue weighted by molar-refractivity contribution is 9.10. The second-order valence-corrected chi connectivity index (χ2v) is 6.66. The van der Waals surface area contributed by atoms with Gasteiger partial charge in [-0.3, -0.25) is 9.59 Å². The number of hydrogen-bond donors (Lipinski definition) is 2. The first-order valence-corrected chi connectivity index (χ1v) is 8.11. The van der Waals surface area contributed by atoms with Crippen molar-refractivity contribution in [2.24, 2.45) is 5.92 Å². The number of H-pyrrole nitrogens is 1. The fourth-order valence-electron chi connectivity index (χ4n) is 2.98. The summed E-state index contributed by atoms with van der Waals surface area (Å²) >= 11 is 3.42. The maximum absolute atomic E-state index is 12.5. The van der Waals surface area contributed by atoms with Crippen LogP contribution in [0.15, 0.2) is 28.7 Å². The van der Waals surface area contributed by atoms with E-state index in [9.17, 15) is 9.59 Å². The monoisotopic (exact) mass is 364 g/mol. The van der Waals surface area contributed by atoms with Gasteiger partial charge in [-0.2, -0.15) is 0 Å². The fraction of sp³-hybridized carbons (Fsp3) is 0.375. The summed E-state index contributed by atoms with van der Waals surface area (Å²) in [7, 11) is 0. The number of carboxylic acids is 1. The van der Waals surface area contributed by atoms with E-state index >= 15 is 0 Å². The van der Waals surface area contributed by atoms with Crippen LogP contribution in [0.4, 0.5) is 0 Å². The number of benzene rings is 1. The van der Waals surface area contributed by atoms with Crippen molar-refractivity contribution in [2.75, 3.05) is 13.1 Å². The van der Waals surface area contributed by atoms with Crippen molar-refractivity contribution in [1.82, 2.24) is 9.88 Å². The first-order chi connectivity index (χ1) is 10.5. The fourth-order valence-corrected chi connectivity index (χ4v) is 3.35. The molecule has 0 aliphatic carbocycles. The number of aliphatic carboxylic acids is 1. The normalized spacial score (nSPS) is 16.1. The van der Waals surface area contributed by atoms with Crippen molar-refractivity contribution in [2.45, 2.75) is 19.3 Å². The number of nitrogens with one attached hydrogen (secondary N) is 1. The molecule has 0 bridgehead atoms. The number of rotatable bonds is 3. The van der Waals surface area contributed by atoms with Gasteiger partial charge in [-0.15, -0.1) is 0 Å². The van der Waals surface area contributed by atoms with Crippen LogP contribution >= 0.6 is 15.9 Å². The van der Waals surface area contributed by atoms with Gasteiger partial charge in [0.1, 0.15) is 5.69 Å². The molecule has 116 valence electrons. The molecule has 2 N–H and O–H groups in total. The van der Waals surface area contributed by atoms with Gasteiger partial charge in [0.05, 0.1) is 0 Å². The lowest BCUT2D eigenvalue weighted by molar-refractivity contribution is -0.138. The zero-order chi connectivity index (χ0) is 15.7. The van der Waals surface area contributed by atoms with E-state index in [-0.39, 0.29) is 18.2 Å². The average molecular weight is 365 g/mol. The molecule has 0 atom stereocenters. The molecule has 1 saturated heterocycles. The van der Waals surface area contributed by atoms with Crippen LogP contribution in [-0.2, 0) is 4.79 Å². The number of piperidine rings is 1. The van der Waals surface area contributed by atoms with Crippen molar-refractivity contribution in [3.63, 3.8) is 0 Å². The highest BCUT2D eigenvalue weighted by Crippen LogP contribution is 2.24. The Kier molecular flexibility index (Phi) is 4.20. The van der Waals surface area contributed by atoms with Crippen LogP contribution < -0.4 is 0 Å². The van der Waals surface area contributed by atoms with Crippen molar-refractivity contribution in [1.29, 1.82) is 0 Å². The minimum atomic E-state index is -0.758. The smallest absolute Gasteiger partial charge is 0.303 e. The Balaban J connectivity index is 1.69. The minimum Gasteiger partial charge on any atom is -0.481 e. The summed E-state index contributed by atoms with van der Waals surface area (Å²) in [4.78, 5) is 28.3. The number of aromatic amines is 1. The molecular formula is C16H17BrN2O3. The van der Waals surface area contributed by atoms with Gasteiger partial charge in [0.25, 0.3) is 5.91 Å². The number of aromatic nitrogens is 1. The SMILES string of the molecule is O=C(O)CC1CCN(C(=O)c2cc3cc(Br)ccc3[nH]2)CC1. The Morgan fingerprint density at radius 3 is 2.68 bits per heavy atom. The lowest BCUT2D eigenvalue weighted by Gasteiger charge is -2.31. The zero-order valence-electron chi connectivity index (χ0n) is 12.0. The Morgan fingerprint density at radius 2 is 2.00 bits per heavy atom. The van der Waals surface area contributed by atoms with Crippen LogP contribution in [0.3, 0.4) is 0 Å². The zero-order valence-corrected chi connectivity index (χ0v) is 13.6. The largest absolute Gasteiger partial charge is 0.481 e. The average Bonchev–Trinajstić information content (AvgIpc) is 2.89. The summed E-state index contributed by atoms with van der Waals surface area (Å²) in [6.45, 7) is 1.24. The lowest BCUT2D eigenvalue weighted by Crippen LogP contribution is -2.39. The van der Waals surface area contributed by atoms with Crippen LogP contribution in [-0.4, -0.2) is 40.0 Å². The number of likely N-dealkylation sites (tertiary alicyclic amines) is 1. The number of carbonyl (C=O) groups excluding carboxylic acids is 1. The number of carbonyl (C=O) groups is 2. The molecule has 0 unspecified atom stereocenters. The summed E-state index contributed by atoms with van der Waals surface area (Å²) in [5, 5.41) is 9.83. The number of carboxylic acid groups (broad SMARTS) is 1. The maximum atomic E-state index is 12.5. The van der Waals surface area contributed by atoms with Gasteiger partial charge in [-0.05, 0) is 43.0 Å². The highest BCUT2D eigenvalue weighted by Gasteiger charge is 2.25. The van der Waals surface area contributed by atoms with Gasteiger partial charge in [0.2, 0.25) is 0 Å². The van der Waals surface area contributed by atoms with Gasteiger partial charge in [-0.1, -0.05) is 15.9 Å². The van der Waals surface area contributed by atoms with Gasteiger partial charge in [0.15, 0.2) is 0 Å². The van der Waals surface area contributed by atoms with Gasteiger partial charge < -0.3 is 15.0 Å². The predicted octanol–water partition coefficient (Wildman–Crippen LogP) is 3.26. The van der Waals surface area contributed by atoms with Crippen LogP contribution in [0.25, 0.3) is 10.9 Å². The second kappa shape index (κ2) is 6.12. The molecule has 1 aromatic heterocycles. The van der Waals surface area contributed by atoms with E-state index in [2.05, 4.69) is 20.9 Å². The molecule has 5 nitrogen and oxygen atoms in total. The minimum absolute atomic E-state index is 0.0129. The first-order valence-electron chi connectivity index (χ1n) is 7.32. The van der Waals surface area contributed by atoms with E-state index < -0.39 is 5.97 Å². The van der Waals surface area contributed by atoms with Gasteiger partial charge >= 0.3 is 5.97 Å². The lowest BCUT2D eigenvalue weighted by atomic mass is 9.93. The van der Waals surface area contributed by atoms with E-state index in [0.717, 1.165) is 28.2 Å². The number of hydrogen-bond acceptors (Lipinski definition) is 2. The van der Waals surface area contributed by atoms with Crippen molar-refractivity contribution in [3.8, 4) is 0 Å². The highest BCUT2D eigenvalue weighted by atomic mass is 79.9. The Morgan fingerprint density at radius 1 is 1.27 bits per heavy atom. The van der Waals surface area contributed by atoms with Crippen LogP contribution in [0, 0.1) is 5.92 Å². The van der Waals surface area contributed by atoms with E-state index in [0.29, 0.717) is 18.8 Å². The van der Waals surface area contributed by atoms with Crippen LogP contribution in [0.5, 0.6) is 0 Å². The van der Waals surface area contributed by atoms with Crippen molar-refractivity contribution in [3.05, 3.63) is 34.4 Å². The number of nitrogens with zero attached hydrogens (tertiary/aromatic N) is 1. The molecule has 1 aliphatic heterocycles. The van der Waals surface area contributed by atoms with E-state index in [4.69, 9.17) is 5.11 Å². The molecule has 1 amide bonds. The van der Waals surface area contributed by atoms with Crippen molar-refractivity contribution >= 4 is 38.7 Å². The number of halogens is 1. The molecule has 2 aromatic rings. The quantitative estimate of drug-likeness (QED) is 0.877. The molecule has 0 radical (unpaired) electrons. The molecule has 0 spiro atoms. The molecule has 22 heavy (non-hydrogen) atoms. The topological polar surface area (TPSA) is 73.4 Å². The molecule has 6 heteroatoms. The van der Waals surface area contributed by atoms with Crippen LogP contribution in [0.1, 0.15) is 29.8 Å². The summed E-state index contributed by atoms with van der Waals surface area (Å²) < 4.78 is 0.979. The maximum Gasteiger partial charge on any atom is 0.303 e. The Hall–Kier alpha value is -1.82. The molecule has 0 saturated carbocycles. The first kappa shape index (κ1) is 15.1. The molecule has 3 rings (SSSR count). The van der Waals surface area contributed by atoms with E-state index in [1.54, 1.807) is 4.90 Å². The van der Waals surface area contributed by atoms with Crippen molar-refractivity contribution < 1.29 is 14.7 Å². The Labute approximate surface area is 136 Å². The second-order valence-electron chi connectivity index (χ2n) is 5.75. The van der Waals surface area contributed by atoms with E-state index in [1.807, 2.05) is 24.3 Å². The number of amides is 1. The standard InChI is InChI=1S/C16H17BrN2O3/c17-12-1-2-13-11(8-12)9-14(18-13)16(22)19-5-3-10(4-6-19)7-15(20)21/h1-2,8-10,18H,3-7H2,(H,20,21). The molecular weight excluding hydrogens is 348 g/mol. The molecule has 1 fully saturated rings. The van der Waals surface area contributed by atoms with Gasteiger partial charge in [0, 0.05) is 34.9 Å². The molecule has 2 heterocycles. The Bertz CT molecular complexity index is 717. The van der Waals surface area contributed by atoms with Gasteiger partial charge in [-0.25, -0.2) is 0 Å². The van der Waals surface area contributed by atoms with Crippen LogP contribution in [0.2, 0.25) is 0 Å². The summed E-state index contributed by atoms with van der Waals surface area (Å²) in [5.41, 5.74) is 1.53. The summed E-state index contributed by atoms with van der Waals surface area (Å²) in [5.74, 6) is -0.590. The molecule has 1 aliphatic rings. The summed E-state index contributed by atoms with van der Waals surface area (Å²) in [6, 6.07) is 7.72. The summed E-state index contributed by atoms with van der Waals surface area (Å²) in [6.07, 6.45) is 1.70. The third kappa shape index (κ3) is 3.16. The molecule has 1 aromatic carbocycles.